The molecule has 0 aromatic heterocycles. The number of nitrogens with zero attached hydrogens (tertiary/aromatic N) is 1. The average molecular weight is 320 g/mol. The van der Waals surface area contributed by atoms with Crippen LogP contribution in [-0.4, -0.2) is 14.1 Å². The maximum Gasteiger partial charge on any atom is 0.276 e. The van der Waals surface area contributed by atoms with Crippen LogP contribution in [0.15, 0.2) is 52.5 Å². The molecule has 0 unspecified atom stereocenters. The predicted molar refractivity (Wildman–Crippen MR) is 84.8 cm³/mol. The summed E-state index contributed by atoms with van der Waals surface area (Å²) in [6.07, 6.45) is 0. The molecule has 6 heteroatoms. The predicted octanol–water partition coefficient (Wildman–Crippen LogP) is 3.15. The summed E-state index contributed by atoms with van der Waals surface area (Å²) in [6.45, 7) is 5.20. The summed E-state index contributed by atoms with van der Waals surface area (Å²) in [5.74, 6) is -0.354. The molecule has 1 N–H and O–H groups in total. The van der Waals surface area contributed by atoms with Gasteiger partial charge in [0.1, 0.15) is 5.82 Å². The van der Waals surface area contributed by atoms with Crippen LogP contribution in [0, 0.1) is 19.7 Å². The summed E-state index contributed by atoms with van der Waals surface area (Å²) in [5, 5.41) is 3.90. The van der Waals surface area contributed by atoms with Crippen LogP contribution in [-0.2, 0) is 10.0 Å². The van der Waals surface area contributed by atoms with Crippen LogP contribution >= 0.6 is 0 Å². The smallest absolute Gasteiger partial charge is 0.207 e. The molecule has 0 atom stereocenters. The van der Waals surface area contributed by atoms with Gasteiger partial charge in [-0.2, -0.15) is 18.4 Å². The molecule has 0 saturated carbocycles. The Morgan fingerprint density at radius 3 is 2.36 bits per heavy atom. The largest absolute Gasteiger partial charge is 0.276 e. The van der Waals surface area contributed by atoms with Crippen molar-refractivity contribution < 1.29 is 12.8 Å². The van der Waals surface area contributed by atoms with E-state index in [0.717, 1.165) is 5.56 Å². The minimum absolute atomic E-state index is 0.197. The van der Waals surface area contributed by atoms with Crippen LogP contribution in [0.5, 0.6) is 0 Å². The zero-order chi connectivity index (χ0) is 16.3. The molecule has 0 spiro atoms. The number of sulfonamides is 1. The molecular weight excluding hydrogens is 303 g/mol. The Bertz CT molecular complexity index is 813. The zero-order valence-corrected chi connectivity index (χ0v) is 13.4. The fourth-order valence-corrected chi connectivity index (χ4v) is 3.12. The Hall–Kier alpha value is -2.21. The first kappa shape index (κ1) is 16.2. The van der Waals surface area contributed by atoms with Gasteiger partial charge in [0.05, 0.1) is 10.6 Å². The summed E-state index contributed by atoms with van der Waals surface area (Å²) in [6, 6.07) is 10.9. The van der Waals surface area contributed by atoms with Crippen molar-refractivity contribution >= 4 is 15.7 Å². The van der Waals surface area contributed by atoms with E-state index in [1.165, 1.54) is 12.1 Å². The van der Waals surface area contributed by atoms with Crippen molar-refractivity contribution in [2.24, 2.45) is 5.10 Å². The number of hydrazone groups is 1. The maximum absolute atomic E-state index is 12.9. The molecule has 2 rings (SSSR count). The topological polar surface area (TPSA) is 58.5 Å². The van der Waals surface area contributed by atoms with E-state index in [1.54, 1.807) is 38.1 Å². The number of hydrogen-bond donors (Lipinski definition) is 1. The third kappa shape index (κ3) is 3.71. The van der Waals surface area contributed by atoms with E-state index in [0.29, 0.717) is 16.8 Å². The first-order chi connectivity index (χ1) is 10.3. The van der Waals surface area contributed by atoms with E-state index in [4.69, 9.17) is 0 Å². The van der Waals surface area contributed by atoms with E-state index in [1.807, 2.05) is 13.0 Å². The second-order valence-electron chi connectivity index (χ2n) is 5.07. The highest BCUT2D eigenvalue weighted by molar-refractivity contribution is 7.89. The summed E-state index contributed by atoms with van der Waals surface area (Å²) in [7, 11) is -3.74. The molecular formula is C16H17FN2O2S. The summed E-state index contributed by atoms with van der Waals surface area (Å²) >= 11 is 0. The van der Waals surface area contributed by atoms with Gasteiger partial charge in [0, 0.05) is 0 Å². The highest BCUT2D eigenvalue weighted by atomic mass is 32.2. The number of benzene rings is 2. The Balaban J connectivity index is 2.27. The highest BCUT2D eigenvalue weighted by Gasteiger charge is 2.16. The van der Waals surface area contributed by atoms with Crippen LogP contribution in [0.1, 0.15) is 23.6 Å². The van der Waals surface area contributed by atoms with E-state index in [9.17, 15) is 12.8 Å². The van der Waals surface area contributed by atoms with Crippen molar-refractivity contribution in [3.63, 3.8) is 0 Å². The Morgan fingerprint density at radius 1 is 1.09 bits per heavy atom. The molecule has 2 aromatic carbocycles. The quantitative estimate of drug-likeness (QED) is 0.695. The average Bonchev–Trinajstić information content (AvgIpc) is 2.48. The summed E-state index contributed by atoms with van der Waals surface area (Å²) in [5.41, 5.74) is 2.59. The molecule has 0 heterocycles. The van der Waals surface area contributed by atoms with Crippen molar-refractivity contribution in [2.45, 2.75) is 25.7 Å². The second-order valence-corrected chi connectivity index (χ2v) is 6.70. The molecule has 0 aliphatic carbocycles. The Kier molecular flexibility index (Phi) is 4.61. The van der Waals surface area contributed by atoms with Crippen LogP contribution < -0.4 is 4.83 Å². The lowest BCUT2D eigenvalue weighted by Crippen LogP contribution is -2.21. The fraction of sp³-hybridized carbons (Fsp3) is 0.188. The van der Waals surface area contributed by atoms with Gasteiger partial charge in [-0.1, -0.05) is 24.3 Å². The van der Waals surface area contributed by atoms with Crippen LogP contribution in [0.3, 0.4) is 0 Å². The van der Waals surface area contributed by atoms with Crippen molar-refractivity contribution in [3.8, 4) is 0 Å². The van der Waals surface area contributed by atoms with Crippen molar-refractivity contribution in [1.82, 2.24) is 4.83 Å². The lowest BCUT2D eigenvalue weighted by atomic mass is 10.1. The summed E-state index contributed by atoms with van der Waals surface area (Å²) in [4.78, 5) is 2.42. The molecule has 0 aliphatic heterocycles. The van der Waals surface area contributed by atoms with Crippen molar-refractivity contribution in [1.29, 1.82) is 0 Å². The van der Waals surface area contributed by atoms with Gasteiger partial charge >= 0.3 is 0 Å². The SMILES string of the molecule is C/C(=N/NS(=O)(=O)c1cc(C)ccc1C)c1ccc(F)cc1. The van der Waals surface area contributed by atoms with Gasteiger partial charge in [0.25, 0.3) is 10.0 Å². The molecule has 116 valence electrons. The standard InChI is InChI=1S/C16H17FN2O2S/c1-11-4-5-12(2)16(10-11)22(20,21)19-18-13(3)14-6-8-15(17)9-7-14/h4-10,19H,1-3H3/b18-13-. The minimum Gasteiger partial charge on any atom is -0.207 e. The molecule has 22 heavy (non-hydrogen) atoms. The number of nitrogens with one attached hydrogen (secondary N) is 1. The first-order valence-corrected chi connectivity index (χ1v) is 8.17. The Labute approximate surface area is 129 Å². The van der Waals surface area contributed by atoms with Gasteiger partial charge in [-0.25, -0.2) is 4.39 Å². The molecule has 0 amide bonds. The molecule has 0 radical (unpaired) electrons. The van der Waals surface area contributed by atoms with Gasteiger partial charge in [-0.3, -0.25) is 0 Å². The molecule has 0 aliphatic rings. The van der Waals surface area contributed by atoms with Gasteiger partial charge in [0.15, 0.2) is 0 Å². The molecule has 4 nitrogen and oxygen atoms in total. The van der Waals surface area contributed by atoms with Crippen LogP contribution in [0.4, 0.5) is 4.39 Å². The number of rotatable bonds is 4. The third-order valence-electron chi connectivity index (χ3n) is 3.23. The maximum atomic E-state index is 12.9. The van der Waals surface area contributed by atoms with Gasteiger partial charge in [-0.05, 0) is 55.7 Å². The summed E-state index contributed by atoms with van der Waals surface area (Å²) < 4.78 is 37.5. The van der Waals surface area contributed by atoms with Gasteiger partial charge in [0.2, 0.25) is 0 Å². The van der Waals surface area contributed by atoms with Crippen LogP contribution in [0.25, 0.3) is 0 Å². The number of halogens is 1. The van der Waals surface area contributed by atoms with Crippen LogP contribution in [0.2, 0.25) is 0 Å². The lowest BCUT2D eigenvalue weighted by molar-refractivity contribution is 0.583. The van der Waals surface area contributed by atoms with Crippen molar-refractivity contribution in [2.75, 3.05) is 0 Å². The first-order valence-electron chi connectivity index (χ1n) is 6.69. The third-order valence-corrected chi connectivity index (χ3v) is 4.58. The molecule has 0 saturated heterocycles. The van der Waals surface area contributed by atoms with E-state index < -0.39 is 10.0 Å². The Morgan fingerprint density at radius 2 is 1.73 bits per heavy atom. The van der Waals surface area contributed by atoms with E-state index in [2.05, 4.69) is 9.93 Å². The second kappa shape index (κ2) is 6.27. The molecule has 0 bridgehead atoms. The normalized spacial score (nSPS) is 12.3. The van der Waals surface area contributed by atoms with Gasteiger partial charge < -0.3 is 0 Å². The highest BCUT2D eigenvalue weighted by Crippen LogP contribution is 2.16. The van der Waals surface area contributed by atoms with E-state index >= 15 is 0 Å². The van der Waals surface area contributed by atoms with E-state index in [-0.39, 0.29) is 10.7 Å². The van der Waals surface area contributed by atoms with Crippen molar-refractivity contribution in [3.05, 3.63) is 65.0 Å². The lowest BCUT2D eigenvalue weighted by Gasteiger charge is -2.09. The number of aryl methyl sites for hydroxylation is 2. The minimum atomic E-state index is -3.74. The fourth-order valence-electron chi connectivity index (χ4n) is 1.93. The van der Waals surface area contributed by atoms with Gasteiger partial charge in [-0.15, -0.1) is 0 Å². The molecule has 2 aromatic rings. The monoisotopic (exact) mass is 320 g/mol. The zero-order valence-electron chi connectivity index (χ0n) is 12.6. The number of hydrogen-bond acceptors (Lipinski definition) is 3. The molecule has 0 fully saturated rings.